The van der Waals surface area contributed by atoms with Crippen molar-refractivity contribution >= 4 is 121 Å². The highest BCUT2D eigenvalue weighted by molar-refractivity contribution is 6.28. The number of nitrogen functional groups attached to an aromatic ring is 1. The number of nitrogens with one attached hydrogen (secondary N) is 2. The van der Waals surface area contributed by atoms with Crippen molar-refractivity contribution in [1.82, 2.24) is 45.1 Å². The predicted molar refractivity (Wildman–Crippen MR) is 278 cm³/mol. The van der Waals surface area contributed by atoms with Gasteiger partial charge in [-0.15, -0.1) is 24.8 Å². The second-order valence-corrected chi connectivity index (χ2v) is 15.4. The van der Waals surface area contributed by atoms with Gasteiger partial charge in [0, 0.05) is 53.8 Å². The molecule has 4 N–H and O–H groups in total. The average molecular weight is 1140 g/mol. The summed E-state index contributed by atoms with van der Waals surface area (Å²) in [6, 6.07) is 14.7. The van der Waals surface area contributed by atoms with E-state index in [4.69, 9.17) is 17.3 Å². The van der Waals surface area contributed by atoms with E-state index in [0.29, 0.717) is 34.7 Å². The third-order valence-electron chi connectivity index (χ3n) is 10.5. The molecule has 37 heteroatoms. The zero-order chi connectivity index (χ0) is 55.1. The summed E-state index contributed by atoms with van der Waals surface area (Å²) in [4.78, 5) is 57.0. The lowest BCUT2D eigenvalue weighted by Crippen LogP contribution is -2.45. The highest BCUT2D eigenvalue weighted by atomic mass is 35.5. The van der Waals surface area contributed by atoms with Crippen LogP contribution in [0.1, 0.15) is 27.7 Å². The summed E-state index contributed by atoms with van der Waals surface area (Å²) in [6.07, 6.45) is 0. The van der Waals surface area contributed by atoms with Gasteiger partial charge in [-0.2, -0.15) is 0 Å². The number of nitrogens with two attached hydrogens (primary N) is 1. The monoisotopic (exact) mass is 1130 g/mol. The van der Waals surface area contributed by atoms with Gasteiger partial charge in [-0.3, -0.25) is 45.8 Å². The summed E-state index contributed by atoms with van der Waals surface area (Å²) in [5.41, 5.74) is 5.27. The fourth-order valence-corrected chi connectivity index (χ4v) is 6.76. The van der Waals surface area contributed by atoms with Crippen LogP contribution in [0.15, 0.2) is 72.8 Å². The molecule has 0 atom stereocenters. The molecule has 0 saturated heterocycles. The Morgan fingerprint density at radius 1 is 0.506 bits per heavy atom. The van der Waals surface area contributed by atoms with Gasteiger partial charge in [0.1, 0.15) is 16.6 Å². The van der Waals surface area contributed by atoms with Gasteiger partial charge < -0.3 is 46.9 Å². The number of rotatable bonds is 16. The van der Waals surface area contributed by atoms with Crippen LogP contribution in [-0.2, 0) is 0 Å². The van der Waals surface area contributed by atoms with Gasteiger partial charge in [0.2, 0.25) is 5.10 Å². The first-order valence-corrected chi connectivity index (χ1v) is 22.4. The van der Waals surface area contributed by atoms with Crippen LogP contribution >= 0.6 is 36.4 Å². The van der Waals surface area contributed by atoms with Crippen molar-refractivity contribution in [1.29, 1.82) is 0 Å². The van der Waals surface area contributed by atoms with Crippen LogP contribution in [-0.4, -0.2) is 117 Å². The number of nitro groups is 4. The van der Waals surface area contributed by atoms with Gasteiger partial charge in [0.25, 0.3) is 56.5 Å². The summed E-state index contributed by atoms with van der Waals surface area (Å²) in [7, 11) is 0. The van der Waals surface area contributed by atoms with Crippen molar-refractivity contribution in [2.75, 3.05) is 68.7 Å². The maximum Gasteiger partial charge on any atom is 0.461 e. The molecule has 4 heterocycles. The van der Waals surface area contributed by atoms with Crippen LogP contribution in [0.25, 0.3) is 44.1 Å². The number of benzene rings is 4. The highest BCUT2D eigenvalue weighted by Crippen LogP contribution is 2.20. The summed E-state index contributed by atoms with van der Waals surface area (Å²) < 4.78 is 0.468. The van der Waals surface area contributed by atoms with Crippen molar-refractivity contribution in [3.05, 3.63) is 145 Å². The standard InChI is InChI=1S/C13H18N6O4.C13H18N6O3.C7H3ClN4O3.C7H5N5O3.2ClH/c1-3-16(4-2)8-7-14-13-15-18(21)12-9-10(19(22)23)5-6-11(12)17(13)20;1-3-17(4-2)8-7-14-13-15-11-6-5-10(19(21)22)9-12(11)18(20)16-13;2*8-7-9-5-2-1-4(12(14)15)3-6(5)11(13)10-7;;/h5-6,9H,3-4,7-8H2,1-2H3,(H,14,15);5-6,9H,3-4,7-8H2,1-2H3,(H,14,15,16);1-3H;1-3H,(H2,8,9,10);2*1H. The second kappa shape index (κ2) is 28.4. The third kappa shape index (κ3) is 16.4. The molecule has 34 nitrogen and oxygen atoms in total. The summed E-state index contributed by atoms with van der Waals surface area (Å²) >= 11 is 5.45. The van der Waals surface area contributed by atoms with E-state index in [1.807, 2.05) is 13.8 Å². The minimum atomic E-state index is -0.634. The normalized spacial score (nSPS) is 10.5. The van der Waals surface area contributed by atoms with Gasteiger partial charge in [0.15, 0.2) is 5.52 Å². The number of anilines is 3. The number of hydrogen-bond acceptors (Lipinski definition) is 25. The van der Waals surface area contributed by atoms with Crippen LogP contribution in [0, 0.1) is 66.5 Å². The van der Waals surface area contributed by atoms with Gasteiger partial charge in [-0.1, -0.05) is 27.7 Å². The Bertz CT molecular complexity index is 3300. The molecule has 0 aliphatic heterocycles. The van der Waals surface area contributed by atoms with E-state index in [1.54, 1.807) is 0 Å². The molecule has 0 spiro atoms. The van der Waals surface area contributed by atoms with Gasteiger partial charge in [-0.25, -0.2) is 19.7 Å². The largest absolute Gasteiger partial charge is 0.739 e. The zero-order valence-corrected chi connectivity index (χ0v) is 43.1. The quantitative estimate of drug-likeness (QED) is 0.0541. The summed E-state index contributed by atoms with van der Waals surface area (Å²) in [5, 5.41) is 120. The van der Waals surface area contributed by atoms with Crippen LogP contribution in [0.5, 0.6) is 0 Å². The van der Waals surface area contributed by atoms with Crippen molar-refractivity contribution in [3.63, 3.8) is 0 Å². The highest BCUT2D eigenvalue weighted by Gasteiger charge is 2.23. The van der Waals surface area contributed by atoms with Crippen molar-refractivity contribution in [2.24, 2.45) is 0 Å². The van der Waals surface area contributed by atoms with Crippen LogP contribution < -0.4 is 40.5 Å². The SMILES string of the molecule is CCN(CC)CCNc1n[n+]([O-])c2cc([N+](=O)[O-])ccc2[n+]1[O-].CCN(CC)CCNc1nc2ccc([N+](=O)[O-])cc2[n+]([O-])n1.Cl.Cl.Nc1nc2ccc([N+](=O)[O-])cc2[n+]([O-])n1.O=[N+]([O-])c1ccc2nc(Cl)n[n+]([O-])c2c1. The molecule has 8 rings (SSSR count). The molecule has 0 aliphatic carbocycles. The molecule has 0 aliphatic rings. The van der Waals surface area contributed by atoms with Crippen molar-refractivity contribution in [2.45, 2.75) is 27.7 Å². The molecule has 0 fully saturated rings. The maximum atomic E-state index is 12.2. The first-order chi connectivity index (χ1) is 35.7. The van der Waals surface area contributed by atoms with E-state index in [2.05, 4.69) is 69.6 Å². The molecule has 4 aromatic heterocycles. The second-order valence-electron chi connectivity index (χ2n) is 15.0. The molecule has 0 saturated carbocycles. The molecule has 0 amide bonds. The van der Waals surface area contributed by atoms with Crippen LogP contribution in [0.4, 0.5) is 40.6 Å². The molecular weight excluding hydrogens is 1090 g/mol. The topological polar surface area (TPSA) is 454 Å². The predicted octanol–water partition coefficient (Wildman–Crippen LogP) is 2.51. The average Bonchev–Trinajstić information content (AvgIpc) is 3.38. The van der Waals surface area contributed by atoms with Crippen LogP contribution in [0.3, 0.4) is 0 Å². The maximum absolute atomic E-state index is 12.2. The molecule has 4 aromatic carbocycles. The Labute approximate surface area is 449 Å². The molecule has 77 heavy (non-hydrogen) atoms. The Balaban J connectivity index is 0.000000272. The zero-order valence-electron chi connectivity index (χ0n) is 40.7. The van der Waals surface area contributed by atoms with E-state index >= 15 is 0 Å². The lowest BCUT2D eigenvalue weighted by atomic mass is 10.3. The molecule has 0 radical (unpaired) electrons. The first kappa shape index (κ1) is 62.0. The van der Waals surface area contributed by atoms with Gasteiger partial charge in [0.05, 0.1) is 60.7 Å². The molecule has 0 bridgehead atoms. The van der Waals surface area contributed by atoms with E-state index in [-0.39, 0.29) is 124 Å². The fraction of sp³-hybridized carbons (Fsp3) is 0.300. The number of nitrogens with zero attached hydrogens (tertiary/aromatic N) is 18. The lowest BCUT2D eigenvalue weighted by molar-refractivity contribution is -0.672. The van der Waals surface area contributed by atoms with Crippen molar-refractivity contribution in [3.8, 4) is 0 Å². The number of nitro benzene ring substituents is 4. The van der Waals surface area contributed by atoms with E-state index in [9.17, 15) is 66.5 Å². The Hall–Kier alpha value is -9.25. The Morgan fingerprint density at radius 2 is 0.883 bits per heavy atom. The fourth-order valence-electron chi connectivity index (χ4n) is 6.60. The summed E-state index contributed by atoms with van der Waals surface area (Å²) in [6.45, 7) is 14.5. The van der Waals surface area contributed by atoms with E-state index in [0.717, 1.165) is 50.9 Å². The molecule has 8 aromatic rings. The van der Waals surface area contributed by atoms with Crippen LogP contribution in [0.2, 0.25) is 5.28 Å². The molecule has 0 unspecified atom stereocenters. The smallest absolute Gasteiger partial charge is 0.461 e. The number of likely N-dealkylation sites (N-methyl/N-ethyl adjacent to an activating group) is 2. The Morgan fingerprint density at radius 3 is 1.34 bits per heavy atom. The van der Waals surface area contributed by atoms with Gasteiger partial charge in [-0.05, 0) is 76.6 Å². The number of fused-ring (bicyclic) bond motifs is 4. The number of hydrogen-bond donors (Lipinski definition) is 3. The first-order valence-electron chi connectivity index (χ1n) is 22.0. The van der Waals surface area contributed by atoms with Crippen molar-refractivity contribution < 1.29 is 43.8 Å². The molecular formula is C40H46Cl3N21O13. The van der Waals surface area contributed by atoms with E-state index in [1.165, 1.54) is 54.6 Å². The minimum Gasteiger partial charge on any atom is -0.739 e. The summed E-state index contributed by atoms with van der Waals surface area (Å²) in [5.74, 6) is -0.0941. The number of aromatic nitrogens is 12. The molecule has 410 valence electrons. The Kier molecular flexibility index (Phi) is 22.9. The third-order valence-corrected chi connectivity index (χ3v) is 10.7. The lowest BCUT2D eigenvalue weighted by Gasteiger charge is -2.17. The minimum absolute atomic E-state index is 0. The number of halogens is 3. The van der Waals surface area contributed by atoms with E-state index < -0.39 is 19.7 Å². The van der Waals surface area contributed by atoms with Gasteiger partial charge >= 0.3 is 11.5 Å². The number of non-ortho nitro benzene ring substituents is 4.